The van der Waals surface area contributed by atoms with Crippen LogP contribution in [0.3, 0.4) is 0 Å². The summed E-state index contributed by atoms with van der Waals surface area (Å²) in [6.45, 7) is 4.58. The largest absolute Gasteiger partial charge is 0.396 e. The third-order valence-corrected chi connectivity index (χ3v) is 3.51. The molecule has 5 heteroatoms. The number of carbonyl (C=O) groups excluding carboxylic acids is 1. The molecule has 0 radical (unpaired) electrons. The van der Waals surface area contributed by atoms with E-state index < -0.39 is 0 Å². The molecule has 19 heavy (non-hydrogen) atoms. The van der Waals surface area contributed by atoms with Gasteiger partial charge in [0.1, 0.15) is 5.82 Å². The molecular weight excluding hydrogens is 313 g/mol. The Labute approximate surface area is 121 Å². The van der Waals surface area contributed by atoms with Crippen molar-refractivity contribution in [2.75, 3.05) is 13.2 Å². The second-order valence-electron chi connectivity index (χ2n) is 5.34. The summed E-state index contributed by atoms with van der Waals surface area (Å²) < 4.78 is 13.4. The zero-order chi connectivity index (χ0) is 14.5. The molecule has 3 nitrogen and oxygen atoms in total. The van der Waals surface area contributed by atoms with Gasteiger partial charge in [-0.05, 0) is 45.5 Å². The minimum atomic E-state index is -0.340. The maximum atomic E-state index is 13.1. The Bertz CT molecular complexity index is 449. The molecule has 1 aromatic carbocycles. The van der Waals surface area contributed by atoms with E-state index in [-0.39, 0.29) is 30.2 Å². The van der Waals surface area contributed by atoms with E-state index in [1.165, 1.54) is 6.07 Å². The Kier molecular flexibility index (Phi) is 5.94. The minimum Gasteiger partial charge on any atom is -0.396 e. The summed E-state index contributed by atoms with van der Waals surface area (Å²) >= 11 is 3.09. The summed E-state index contributed by atoms with van der Waals surface area (Å²) in [6, 6.07) is 4.54. The smallest absolute Gasteiger partial charge is 0.224 e. The number of benzene rings is 1. The van der Waals surface area contributed by atoms with E-state index in [1.54, 1.807) is 12.1 Å². The van der Waals surface area contributed by atoms with Crippen LogP contribution in [0.1, 0.15) is 25.8 Å². The van der Waals surface area contributed by atoms with Crippen LogP contribution >= 0.6 is 15.9 Å². The van der Waals surface area contributed by atoms with E-state index in [4.69, 9.17) is 5.11 Å². The van der Waals surface area contributed by atoms with Gasteiger partial charge in [0.15, 0.2) is 0 Å². The van der Waals surface area contributed by atoms with E-state index in [2.05, 4.69) is 21.2 Å². The first-order valence-corrected chi connectivity index (χ1v) is 6.95. The van der Waals surface area contributed by atoms with Crippen molar-refractivity contribution < 1.29 is 14.3 Å². The quantitative estimate of drug-likeness (QED) is 0.841. The molecule has 0 aromatic heterocycles. The van der Waals surface area contributed by atoms with Crippen LogP contribution in [0, 0.1) is 11.2 Å². The number of amides is 1. The third-order valence-electron chi connectivity index (χ3n) is 2.90. The summed E-state index contributed by atoms with van der Waals surface area (Å²) in [5, 5.41) is 11.7. The van der Waals surface area contributed by atoms with Gasteiger partial charge in [0.25, 0.3) is 0 Å². The number of rotatable bonds is 6. The standard InChI is InChI=1S/C14H19BrFNO2/c1-14(2,5-6-18)9-17-13(19)8-10-3-4-12(16)11(15)7-10/h3-4,7,18H,5-6,8-9H2,1-2H3,(H,17,19). The van der Waals surface area contributed by atoms with Gasteiger partial charge in [0, 0.05) is 13.2 Å². The molecule has 0 bridgehead atoms. The van der Waals surface area contributed by atoms with Crippen LogP contribution in [0.2, 0.25) is 0 Å². The first-order valence-electron chi connectivity index (χ1n) is 6.15. The van der Waals surface area contributed by atoms with Gasteiger partial charge < -0.3 is 10.4 Å². The highest BCUT2D eigenvalue weighted by Crippen LogP contribution is 2.19. The van der Waals surface area contributed by atoms with E-state index in [1.807, 2.05) is 13.8 Å². The molecule has 0 fully saturated rings. The van der Waals surface area contributed by atoms with Gasteiger partial charge in [-0.3, -0.25) is 4.79 Å². The molecule has 2 N–H and O–H groups in total. The van der Waals surface area contributed by atoms with Crippen molar-refractivity contribution in [3.05, 3.63) is 34.1 Å². The molecule has 1 amide bonds. The lowest BCUT2D eigenvalue weighted by molar-refractivity contribution is -0.120. The highest BCUT2D eigenvalue weighted by atomic mass is 79.9. The fourth-order valence-electron chi connectivity index (χ4n) is 1.63. The number of nitrogens with one attached hydrogen (secondary N) is 1. The molecule has 1 aromatic rings. The predicted octanol–water partition coefficient (Wildman–Crippen LogP) is 2.66. The van der Waals surface area contributed by atoms with Gasteiger partial charge >= 0.3 is 0 Å². The van der Waals surface area contributed by atoms with Gasteiger partial charge in [-0.2, -0.15) is 0 Å². The maximum absolute atomic E-state index is 13.1. The van der Waals surface area contributed by atoms with Gasteiger partial charge in [0.2, 0.25) is 5.91 Å². The van der Waals surface area contributed by atoms with Crippen LogP contribution in [-0.4, -0.2) is 24.2 Å². The van der Waals surface area contributed by atoms with Crippen LogP contribution in [0.5, 0.6) is 0 Å². The van der Waals surface area contributed by atoms with Crippen molar-refractivity contribution in [2.45, 2.75) is 26.7 Å². The van der Waals surface area contributed by atoms with Crippen molar-refractivity contribution in [2.24, 2.45) is 5.41 Å². The minimum absolute atomic E-state index is 0.105. The van der Waals surface area contributed by atoms with Crippen molar-refractivity contribution in [1.29, 1.82) is 0 Å². The molecule has 0 aliphatic heterocycles. The number of aliphatic hydroxyl groups excluding tert-OH is 1. The predicted molar refractivity (Wildman–Crippen MR) is 76.3 cm³/mol. The van der Waals surface area contributed by atoms with E-state index in [0.717, 1.165) is 5.56 Å². The van der Waals surface area contributed by atoms with Crippen molar-refractivity contribution in [3.8, 4) is 0 Å². The lowest BCUT2D eigenvalue weighted by Crippen LogP contribution is -2.35. The Morgan fingerprint density at radius 1 is 1.47 bits per heavy atom. The van der Waals surface area contributed by atoms with Crippen LogP contribution < -0.4 is 5.32 Å². The molecule has 0 aliphatic rings. The average Bonchev–Trinajstić information content (AvgIpc) is 2.32. The van der Waals surface area contributed by atoms with Crippen LogP contribution in [0.4, 0.5) is 4.39 Å². The summed E-state index contributed by atoms with van der Waals surface area (Å²) in [4.78, 5) is 11.8. The van der Waals surface area contributed by atoms with Crippen LogP contribution in [0.15, 0.2) is 22.7 Å². The second-order valence-corrected chi connectivity index (χ2v) is 6.19. The lowest BCUT2D eigenvalue weighted by atomic mass is 9.89. The zero-order valence-electron chi connectivity index (χ0n) is 11.2. The Morgan fingerprint density at radius 2 is 2.16 bits per heavy atom. The molecule has 106 valence electrons. The van der Waals surface area contributed by atoms with Crippen molar-refractivity contribution in [1.82, 2.24) is 5.32 Å². The first-order chi connectivity index (χ1) is 8.84. The maximum Gasteiger partial charge on any atom is 0.224 e. The summed E-state index contributed by atoms with van der Waals surface area (Å²) in [6.07, 6.45) is 0.851. The van der Waals surface area contributed by atoms with Crippen LogP contribution in [0.25, 0.3) is 0 Å². The molecule has 0 spiro atoms. The van der Waals surface area contributed by atoms with Crippen molar-refractivity contribution >= 4 is 21.8 Å². The summed E-state index contributed by atoms with van der Waals surface area (Å²) in [5.41, 5.74) is 0.624. The number of hydrogen-bond donors (Lipinski definition) is 2. The molecular formula is C14H19BrFNO2. The summed E-state index contributed by atoms with van der Waals surface area (Å²) in [5.74, 6) is -0.447. The van der Waals surface area contributed by atoms with E-state index in [0.29, 0.717) is 17.4 Å². The fraction of sp³-hybridized carbons (Fsp3) is 0.500. The Morgan fingerprint density at radius 3 is 2.74 bits per heavy atom. The first kappa shape index (κ1) is 16.1. The van der Waals surface area contributed by atoms with E-state index in [9.17, 15) is 9.18 Å². The molecule has 0 unspecified atom stereocenters. The normalized spacial score (nSPS) is 11.4. The molecule has 0 atom stereocenters. The Hall–Kier alpha value is -0.940. The lowest BCUT2D eigenvalue weighted by Gasteiger charge is -2.23. The number of halogens is 2. The van der Waals surface area contributed by atoms with Crippen molar-refractivity contribution in [3.63, 3.8) is 0 Å². The number of hydrogen-bond acceptors (Lipinski definition) is 2. The highest BCUT2D eigenvalue weighted by molar-refractivity contribution is 9.10. The zero-order valence-corrected chi connectivity index (χ0v) is 12.8. The van der Waals surface area contributed by atoms with Gasteiger partial charge in [0.05, 0.1) is 10.9 Å². The monoisotopic (exact) mass is 331 g/mol. The SMILES string of the molecule is CC(C)(CCO)CNC(=O)Cc1ccc(F)c(Br)c1. The molecule has 0 aliphatic carbocycles. The number of carbonyl (C=O) groups is 1. The molecule has 1 rings (SSSR count). The summed E-state index contributed by atoms with van der Waals surface area (Å²) in [7, 11) is 0. The number of aliphatic hydroxyl groups is 1. The van der Waals surface area contributed by atoms with Gasteiger partial charge in [-0.15, -0.1) is 0 Å². The van der Waals surface area contributed by atoms with Gasteiger partial charge in [-0.25, -0.2) is 4.39 Å². The topological polar surface area (TPSA) is 49.3 Å². The fourth-order valence-corrected chi connectivity index (χ4v) is 2.05. The second kappa shape index (κ2) is 7.01. The third kappa shape index (κ3) is 5.70. The van der Waals surface area contributed by atoms with Crippen LogP contribution in [-0.2, 0) is 11.2 Å². The Balaban J connectivity index is 2.49. The average molecular weight is 332 g/mol. The van der Waals surface area contributed by atoms with E-state index >= 15 is 0 Å². The van der Waals surface area contributed by atoms with Gasteiger partial charge in [-0.1, -0.05) is 19.9 Å². The molecule has 0 saturated carbocycles. The molecule has 0 saturated heterocycles. The molecule has 0 heterocycles. The highest BCUT2D eigenvalue weighted by Gasteiger charge is 2.18.